The van der Waals surface area contributed by atoms with E-state index in [1.807, 2.05) is 13.8 Å². The van der Waals surface area contributed by atoms with Gasteiger partial charge in [-0.15, -0.1) is 0 Å². The van der Waals surface area contributed by atoms with E-state index >= 15 is 0 Å². The Labute approximate surface area is 63.3 Å². The van der Waals surface area contributed by atoms with Crippen LogP contribution in [0.25, 0.3) is 0 Å². The fourth-order valence-corrected chi connectivity index (χ4v) is 1.47. The lowest BCUT2D eigenvalue weighted by molar-refractivity contribution is 0.0169. The maximum atomic E-state index is 5.63. The third kappa shape index (κ3) is 1.20. The molecule has 0 N–H and O–H groups in total. The summed E-state index contributed by atoms with van der Waals surface area (Å²) in [6.07, 6.45) is 0.296. The van der Waals surface area contributed by atoms with Crippen molar-refractivity contribution in [1.82, 2.24) is 0 Å². The molecule has 0 saturated carbocycles. The van der Waals surface area contributed by atoms with Crippen LogP contribution < -0.4 is 0 Å². The molecule has 1 heterocycles. The van der Waals surface area contributed by atoms with E-state index in [-0.39, 0.29) is 18.2 Å². The molecule has 0 amide bonds. The number of rotatable bonds is 1. The standard InChI is InChI=1S/C7H13BO2/c1-4-6(9-3)5(2)10-7(4)8/h4-7H,1-3H3/t4?,5-,6?,7-/m1/s1. The van der Waals surface area contributed by atoms with Crippen molar-refractivity contribution in [3.63, 3.8) is 0 Å². The molecule has 3 heteroatoms. The fourth-order valence-electron chi connectivity index (χ4n) is 1.47. The highest BCUT2D eigenvalue weighted by molar-refractivity contribution is 6.11. The fraction of sp³-hybridized carbons (Fsp3) is 1.00. The van der Waals surface area contributed by atoms with Gasteiger partial charge in [0.2, 0.25) is 0 Å². The minimum Gasteiger partial charge on any atom is -0.382 e. The average molecular weight is 140 g/mol. The second-order valence-electron chi connectivity index (χ2n) is 2.87. The maximum absolute atomic E-state index is 5.63. The predicted octanol–water partition coefficient (Wildman–Crippen LogP) is 0.551. The molecule has 0 aromatic heterocycles. The summed E-state index contributed by atoms with van der Waals surface area (Å²) >= 11 is 0. The van der Waals surface area contributed by atoms with Crippen LogP contribution in [-0.2, 0) is 9.47 Å². The van der Waals surface area contributed by atoms with Crippen molar-refractivity contribution in [3.05, 3.63) is 0 Å². The SMILES string of the molecule is [B][C@@H]1O[C@H](C)C(OC)C1C. The van der Waals surface area contributed by atoms with E-state index in [1.165, 1.54) is 0 Å². The van der Waals surface area contributed by atoms with Crippen LogP contribution in [0.4, 0.5) is 0 Å². The van der Waals surface area contributed by atoms with Gasteiger partial charge in [-0.05, 0) is 6.92 Å². The third-order valence-electron chi connectivity index (χ3n) is 2.14. The first kappa shape index (κ1) is 8.09. The largest absolute Gasteiger partial charge is 0.382 e. The van der Waals surface area contributed by atoms with Crippen LogP contribution in [0.5, 0.6) is 0 Å². The van der Waals surface area contributed by atoms with Gasteiger partial charge >= 0.3 is 0 Å². The molecule has 0 spiro atoms. The molecule has 4 atom stereocenters. The normalized spacial score (nSPS) is 47.9. The molecule has 1 fully saturated rings. The van der Waals surface area contributed by atoms with Crippen molar-refractivity contribution in [2.45, 2.75) is 32.1 Å². The predicted molar refractivity (Wildman–Crippen MR) is 40.1 cm³/mol. The highest BCUT2D eigenvalue weighted by Crippen LogP contribution is 2.26. The van der Waals surface area contributed by atoms with E-state index in [9.17, 15) is 0 Å². The summed E-state index contributed by atoms with van der Waals surface area (Å²) in [6.45, 7) is 4.03. The van der Waals surface area contributed by atoms with Crippen molar-refractivity contribution in [3.8, 4) is 0 Å². The first-order valence-electron chi connectivity index (χ1n) is 3.60. The summed E-state index contributed by atoms with van der Waals surface area (Å²) < 4.78 is 10.5. The Balaban J connectivity index is 2.55. The lowest BCUT2D eigenvalue weighted by Gasteiger charge is -2.15. The van der Waals surface area contributed by atoms with Gasteiger partial charge in [-0.25, -0.2) is 0 Å². The topological polar surface area (TPSA) is 18.5 Å². The molecule has 0 aromatic rings. The van der Waals surface area contributed by atoms with Crippen molar-refractivity contribution < 1.29 is 9.47 Å². The average Bonchev–Trinajstić information content (AvgIpc) is 2.09. The van der Waals surface area contributed by atoms with E-state index in [1.54, 1.807) is 7.11 Å². The number of hydrogen-bond acceptors (Lipinski definition) is 2. The number of methoxy groups -OCH3 is 1. The van der Waals surface area contributed by atoms with Gasteiger partial charge < -0.3 is 9.47 Å². The van der Waals surface area contributed by atoms with E-state index in [0.717, 1.165) is 0 Å². The van der Waals surface area contributed by atoms with Crippen LogP contribution in [0.3, 0.4) is 0 Å². The molecule has 2 nitrogen and oxygen atoms in total. The van der Waals surface area contributed by atoms with Crippen molar-refractivity contribution in [1.29, 1.82) is 0 Å². The van der Waals surface area contributed by atoms with E-state index in [2.05, 4.69) is 0 Å². The molecule has 1 saturated heterocycles. The molecule has 56 valence electrons. The lowest BCUT2D eigenvalue weighted by atomic mass is 9.86. The van der Waals surface area contributed by atoms with Crippen LogP contribution in [0.1, 0.15) is 13.8 Å². The maximum Gasteiger partial charge on any atom is 0.109 e. The Morgan fingerprint density at radius 1 is 1.40 bits per heavy atom. The molecule has 0 aliphatic carbocycles. The first-order chi connectivity index (χ1) is 4.66. The van der Waals surface area contributed by atoms with Gasteiger partial charge in [-0.1, -0.05) is 6.92 Å². The van der Waals surface area contributed by atoms with Crippen molar-refractivity contribution in [2.24, 2.45) is 5.92 Å². The highest BCUT2D eigenvalue weighted by Gasteiger charge is 2.36. The Morgan fingerprint density at radius 2 is 2.00 bits per heavy atom. The molecule has 1 aliphatic rings. The molecular weight excluding hydrogens is 127 g/mol. The molecule has 10 heavy (non-hydrogen) atoms. The van der Waals surface area contributed by atoms with E-state index in [0.29, 0.717) is 5.92 Å². The van der Waals surface area contributed by atoms with Crippen LogP contribution in [0.15, 0.2) is 0 Å². The zero-order valence-corrected chi connectivity index (χ0v) is 6.70. The minimum atomic E-state index is -0.153. The van der Waals surface area contributed by atoms with Gasteiger partial charge in [0, 0.05) is 19.0 Å². The van der Waals surface area contributed by atoms with E-state index in [4.69, 9.17) is 17.3 Å². The summed E-state index contributed by atoms with van der Waals surface area (Å²) in [7, 11) is 7.33. The summed E-state index contributed by atoms with van der Waals surface area (Å²) in [5.41, 5.74) is 0. The zero-order valence-electron chi connectivity index (χ0n) is 6.70. The van der Waals surface area contributed by atoms with Crippen molar-refractivity contribution in [2.75, 3.05) is 7.11 Å². The Hall–Kier alpha value is -0.0151. The summed E-state index contributed by atoms with van der Waals surface area (Å²) in [6, 6.07) is -0.153. The molecular formula is C7H13BO2. The van der Waals surface area contributed by atoms with Gasteiger partial charge in [0.05, 0.1) is 12.2 Å². The monoisotopic (exact) mass is 140 g/mol. The Bertz CT molecular complexity index is 118. The van der Waals surface area contributed by atoms with Gasteiger partial charge in [0.15, 0.2) is 0 Å². The number of hydrogen-bond donors (Lipinski definition) is 0. The van der Waals surface area contributed by atoms with Gasteiger partial charge in [-0.2, -0.15) is 0 Å². The molecule has 0 bridgehead atoms. The van der Waals surface area contributed by atoms with Crippen LogP contribution in [-0.4, -0.2) is 33.2 Å². The Kier molecular flexibility index (Phi) is 2.37. The van der Waals surface area contributed by atoms with Gasteiger partial charge in [0.1, 0.15) is 7.85 Å². The second-order valence-corrected chi connectivity index (χ2v) is 2.87. The lowest BCUT2D eigenvalue weighted by Crippen LogP contribution is -2.26. The zero-order chi connectivity index (χ0) is 7.72. The highest BCUT2D eigenvalue weighted by atomic mass is 16.6. The number of ether oxygens (including phenoxy) is 2. The quantitative estimate of drug-likeness (QED) is 0.495. The molecule has 2 unspecified atom stereocenters. The van der Waals surface area contributed by atoms with Crippen molar-refractivity contribution >= 4 is 7.85 Å². The Morgan fingerprint density at radius 3 is 2.20 bits per heavy atom. The summed E-state index contributed by atoms with van der Waals surface area (Å²) in [4.78, 5) is 0. The minimum absolute atomic E-state index is 0.134. The first-order valence-corrected chi connectivity index (χ1v) is 3.60. The van der Waals surface area contributed by atoms with Gasteiger partial charge in [0.25, 0.3) is 0 Å². The summed E-state index contributed by atoms with van der Waals surface area (Å²) in [5.74, 6) is 0.306. The molecule has 1 rings (SSSR count). The van der Waals surface area contributed by atoms with Gasteiger partial charge in [-0.3, -0.25) is 0 Å². The van der Waals surface area contributed by atoms with E-state index < -0.39 is 0 Å². The molecule has 2 radical (unpaired) electrons. The third-order valence-corrected chi connectivity index (χ3v) is 2.14. The van der Waals surface area contributed by atoms with Crippen LogP contribution in [0, 0.1) is 5.92 Å². The smallest absolute Gasteiger partial charge is 0.109 e. The molecule has 0 aromatic carbocycles. The van der Waals surface area contributed by atoms with Crippen LogP contribution in [0.2, 0.25) is 0 Å². The summed E-state index contributed by atoms with van der Waals surface area (Å²) in [5, 5.41) is 0. The molecule has 1 aliphatic heterocycles. The van der Waals surface area contributed by atoms with Crippen LogP contribution >= 0.6 is 0 Å². The second kappa shape index (κ2) is 2.93.